The zero-order chi connectivity index (χ0) is 12.4. The summed E-state index contributed by atoms with van der Waals surface area (Å²) in [5.74, 6) is 0. The molecule has 0 fully saturated rings. The van der Waals surface area contributed by atoms with Crippen LogP contribution in [0.4, 0.5) is 17.1 Å². The molecule has 0 aromatic heterocycles. The fourth-order valence-electron chi connectivity index (χ4n) is 1.63. The van der Waals surface area contributed by atoms with Crippen molar-refractivity contribution < 1.29 is 4.92 Å². The van der Waals surface area contributed by atoms with Gasteiger partial charge in [-0.25, -0.2) is 0 Å². The van der Waals surface area contributed by atoms with Crippen molar-refractivity contribution in [2.45, 2.75) is 0 Å². The zero-order valence-electron chi connectivity index (χ0n) is 8.96. The molecule has 2 aromatic rings. The third-order valence-electron chi connectivity index (χ3n) is 2.50. The summed E-state index contributed by atoms with van der Waals surface area (Å²) < 4.78 is 0. The lowest BCUT2D eigenvalue weighted by atomic mass is 10.0. The van der Waals surface area contributed by atoms with E-state index in [1.807, 2.05) is 18.2 Å². The normalized spacial score (nSPS) is 10.1. The summed E-state index contributed by atoms with van der Waals surface area (Å²) >= 11 is 0. The average molecular weight is 229 g/mol. The number of nitrogens with two attached hydrogens (primary N) is 2. The van der Waals surface area contributed by atoms with Gasteiger partial charge in [-0.05, 0) is 17.7 Å². The molecule has 0 amide bonds. The largest absolute Gasteiger partial charge is 0.398 e. The number of nitrogens with zero attached hydrogens (tertiary/aromatic N) is 1. The highest BCUT2D eigenvalue weighted by molar-refractivity contribution is 5.79. The first kappa shape index (κ1) is 10.9. The van der Waals surface area contributed by atoms with Gasteiger partial charge in [-0.15, -0.1) is 0 Å². The summed E-state index contributed by atoms with van der Waals surface area (Å²) in [5, 5.41) is 10.8. The molecular formula is C12H11N3O2. The Kier molecular flexibility index (Phi) is 2.66. The predicted octanol–water partition coefficient (Wildman–Crippen LogP) is 2.43. The van der Waals surface area contributed by atoms with E-state index in [2.05, 4.69) is 0 Å². The standard InChI is InChI=1S/C12H11N3O2/c13-10-4-2-1-3-9(10)8-5-6-11(14)12(7-8)15(16)17/h1-7H,13-14H2. The maximum absolute atomic E-state index is 10.8. The Morgan fingerprint density at radius 3 is 2.35 bits per heavy atom. The molecule has 4 N–H and O–H groups in total. The number of para-hydroxylation sites is 1. The van der Waals surface area contributed by atoms with E-state index in [-0.39, 0.29) is 11.4 Å². The van der Waals surface area contributed by atoms with Crippen LogP contribution in [0, 0.1) is 10.1 Å². The van der Waals surface area contributed by atoms with E-state index >= 15 is 0 Å². The molecule has 86 valence electrons. The highest BCUT2D eigenvalue weighted by Crippen LogP contribution is 2.31. The quantitative estimate of drug-likeness (QED) is 0.469. The molecule has 0 unspecified atom stereocenters. The number of anilines is 2. The minimum absolute atomic E-state index is 0.106. The van der Waals surface area contributed by atoms with Crippen LogP contribution in [0.25, 0.3) is 11.1 Å². The molecule has 0 aliphatic carbocycles. The second-order valence-electron chi connectivity index (χ2n) is 3.62. The number of nitro benzene ring substituents is 1. The summed E-state index contributed by atoms with van der Waals surface area (Å²) in [6.07, 6.45) is 0. The molecule has 0 radical (unpaired) electrons. The second-order valence-corrected chi connectivity index (χ2v) is 3.62. The summed E-state index contributed by atoms with van der Waals surface area (Å²) in [7, 11) is 0. The van der Waals surface area contributed by atoms with Crippen LogP contribution in [0.15, 0.2) is 42.5 Å². The highest BCUT2D eigenvalue weighted by atomic mass is 16.6. The number of rotatable bonds is 2. The van der Waals surface area contributed by atoms with Gasteiger partial charge < -0.3 is 11.5 Å². The number of benzene rings is 2. The van der Waals surface area contributed by atoms with Crippen molar-refractivity contribution >= 4 is 17.1 Å². The summed E-state index contributed by atoms with van der Waals surface area (Å²) in [5.41, 5.74) is 13.4. The molecular weight excluding hydrogens is 218 g/mol. The average Bonchev–Trinajstić information content (AvgIpc) is 2.30. The van der Waals surface area contributed by atoms with Gasteiger partial charge in [0.25, 0.3) is 5.69 Å². The first-order valence-electron chi connectivity index (χ1n) is 4.98. The maximum Gasteiger partial charge on any atom is 0.292 e. The number of hydrogen-bond acceptors (Lipinski definition) is 4. The van der Waals surface area contributed by atoms with Gasteiger partial charge >= 0.3 is 0 Å². The number of nitro groups is 1. The minimum Gasteiger partial charge on any atom is -0.398 e. The third-order valence-corrected chi connectivity index (χ3v) is 2.50. The van der Waals surface area contributed by atoms with Crippen molar-refractivity contribution in [3.8, 4) is 11.1 Å². The second kappa shape index (κ2) is 4.13. The fourth-order valence-corrected chi connectivity index (χ4v) is 1.63. The number of hydrogen-bond donors (Lipinski definition) is 2. The van der Waals surface area contributed by atoms with Gasteiger partial charge in [-0.2, -0.15) is 0 Å². The highest BCUT2D eigenvalue weighted by Gasteiger charge is 2.13. The molecule has 17 heavy (non-hydrogen) atoms. The fraction of sp³-hybridized carbons (Fsp3) is 0. The van der Waals surface area contributed by atoms with Crippen LogP contribution in [0.5, 0.6) is 0 Å². The van der Waals surface area contributed by atoms with Crippen LogP contribution in [0.1, 0.15) is 0 Å². The minimum atomic E-state index is -0.502. The molecule has 0 atom stereocenters. The van der Waals surface area contributed by atoms with E-state index in [1.165, 1.54) is 12.1 Å². The van der Waals surface area contributed by atoms with Crippen molar-refractivity contribution in [1.29, 1.82) is 0 Å². The lowest BCUT2D eigenvalue weighted by Crippen LogP contribution is -1.96. The van der Waals surface area contributed by atoms with Crippen LogP contribution in [0.3, 0.4) is 0 Å². The van der Waals surface area contributed by atoms with E-state index in [4.69, 9.17) is 11.5 Å². The number of nitrogen functional groups attached to an aromatic ring is 2. The summed E-state index contributed by atoms with van der Waals surface area (Å²) in [6, 6.07) is 11.9. The van der Waals surface area contributed by atoms with E-state index in [0.717, 1.165) is 5.56 Å². The van der Waals surface area contributed by atoms with Crippen molar-refractivity contribution in [2.24, 2.45) is 0 Å². The first-order valence-corrected chi connectivity index (χ1v) is 4.98. The molecule has 0 saturated carbocycles. The molecule has 5 nitrogen and oxygen atoms in total. The van der Waals surface area contributed by atoms with E-state index in [1.54, 1.807) is 12.1 Å². The Morgan fingerprint density at radius 1 is 1.00 bits per heavy atom. The van der Waals surface area contributed by atoms with Crippen molar-refractivity contribution in [3.05, 3.63) is 52.6 Å². The lowest BCUT2D eigenvalue weighted by molar-refractivity contribution is -0.383. The Morgan fingerprint density at radius 2 is 1.71 bits per heavy atom. The molecule has 0 spiro atoms. The SMILES string of the molecule is Nc1ccccc1-c1ccc(N)c([N+](=O)[O-])c1. The molecule has 0 saturated heterocycles. The summed E-state index contributed by atoms with van der Waals surface area (Å²) in [6.45, 7) is 0. The summed E-state index contributed by atoms with van der Waals surface area (Å²) in [4.78, 5) is 10.3. The Hall–Kier alpha value is -2.56. The molecule has 0 bridgehead atoms. The van der Waals surface area contributed by atoms with E-state index < -0.39 is 4.92 Å². The first-order chi connectivity index (χ1) is 8.09. The Labute approximate surface area is 97.8 Å². The molecule has 0 aliphatic rings. The van der Waals surface area contributed by atoms with Crippen LogP contribution in [-0.2, 0) is 0 Å². The molecule has 0 aliphatic heterocycles. The smallest absolute Gasteiger partial charge is 0.292 e. The van der Waals surface area contributed by atoms with Crippen LogP contribution in [0.2, 0.25) is 0 Å². The predicted molar refractivity (Wildman–Crippen MR) is 67.4 cm³/mol. The lowest BCUT2D eigenvalue weighted by Gasteiger charge is -2.06. The monoisotopic (exact) mass is 229 g/mol. The van der Waals surface area contributed by atoms with Crippen molar-refractivity contribution in [1.82, 2.24) is 0 Å². The van der Waals surface area contributed by atoms with Crippen LogP contribution >= 0.6 is 0 Å². The van der Waals surface area contributed by atoms with Gasteiger partial charge in [0, 0.05) is 17.3 Å². The van der Waals surface area contributed by atoms with Crippen molar-refractivity contribution in [2.75, 3.05) is 11.5 Å². The zero-order valence-corrected chi connectivity index (χ0v) is 8.96. The van der Waals surface area contributed by atoms with Crippen LogP contribution in [-0.4, -0.2) is 4.92 Å². The van der Waals surface area contributed by atoms with Crippen LogP contribution < -0.4 is 11.5 Å². The van der Waals surface area contributed by atoms with Crippen molar-refractivity contribution in [3.63, 3.8) is 0 Å². The third kappa shape index (κ3) is 2.03. The van der Waals surface area contributed by atoms with Gasteiger partial charge in [0.2, 0.25) is 0 Å². The molecule has 5 heteroatoms. The van der Waals surface area contributed by atoms with Gasteiger partial charge in [0.05, 0.1) is 4.92 Å². The topological polar surface area (TPSA) is 95.2 Å². The molecule has 2 aromatic carbocycles. The van der Waals surface area contributed by atoms with Gasteiger partial charge in [0.15, 0.2) is 0 Å². The Bertz CT molecular complexity index is 582. The molecule has 2 rings (SSSR count). The Balaban J connectivity index is 2.58. The van der Waals surface area contributed by atoms with Gasteiger partial charge in [0.1, 0.15) is 5.69 Å². The maximum atomic E-state index is 10.8. The molecule has 0 heterocycles. The van der Waals surface area contributed by atoms with Gasteiger partial charge in [-0.3, -0.25) is 10.1 Å². The van der Waals surface area contributed by atoms with Gasteiger partial charge in [-0.1, -0.05) is 24.3 Å². The van der Waals surface area contributed by atoms with E-state index in [0.29, 0.717) is 11.3 Å². The van der Waals surface area contributed by atoms with E-state index in [9.17, 15) is 10.1 Å².